The molecule has 1 aliphatic heterocycles. The largest absolute Gasteiger partial charge is 0.496 e. The summed E-state index contributed by atoms with van der Waals surface area (Å²) in [6.07, 6.45) is 2.06. The summed E-state index contributed by atoms with van der Waals surface area (Å²) in [5.41, 5.74) is 0.773. The predicted molar refractivity (Wildman–Crippen MR) is 74.9 cm³/mol. The fraction of sp³-hybridized carbons (Fsp3) is 0.571. The minimum atomic E-state index is -0.394. The fourth-order valence-electron chi connectivity index (χ4n) is 2.40. The van der Waals surface area contributed by atoms with Crippen LogP contribution < -0.4 is 10.1 Å². The van der Waals surface area contributed by atoms with E-state index in [4.69, 9.17) is 9.47 Å². The van der Waals surface area contributed by atoms with Gasteiger partial charge in [0.1, 0.15) is 5.75 Å². The van der Waals surface area contributed by atoms with E-state index >= 15 is 0 Å². The molecular formula is C14H20N2O4. The number of ether oxygens (including phenoxy) is 2. The van der Waals surface area contributed by atoms with Crippen molar-refractivity contribution in [1.82, 2.24) is 5.32 Å². The molecular weight excluding hydrogens is 260 g/mol. The third-order valence-electron chi connectivity index (χ3n) is 3.62. The number of benzene rings is 1. The minimum Gasteiger partial charge on any atom is -0.496 e. The Labute approximate surface area is 118 Å². The molecule has 0 spiro atoms. The van der Waals surface area contributed by atoms with E-state index in [9.17, 15) is 10.1 Å². The third kappa shape index (κ3) is 3.46. The Kier molecular flexibility index (Phi) is 4.57. The maximum absolute atomic E-state index is 10.8. The van der Waals surface area contributed by atoms with E-state index in [1.165, 1.54) is 6.07 Å². The highest BCUT2D eigenvalue weighted by molar-refractivity contribution is 5.43. The Bertz CT molecular complexity index is 484. The lowest BCUT2D eigenvalue weighted by Gasteiger charge is -2.34. The van der Waals surface area contributed by atoms with E-state index in [1.54, 1.807) is 19.2 Å². The van der Waals surface area contributed by atoms with Gasteiger partial charge >= 0.3 is 0 Å². The van der Waals surface area contributed by atoms with Crippen molar-refractivity contribution in [3.8, 4) is 5.75 Å². The number of nitro groups is 1. The number of methoxy groups -OCH3 is 1. The highest BCUT2D eigenvalue weighted by Crippen LogP contribution is 2.25. The van der Waals surface area contributed by atoms with Gasteiger partial charge in [0.25, 0.3) is 5.69 Å². The van der Waals surface area contributed by atoms with Crippen molar-refractivity contribution in [1.29, 1.82) is 0 Å². The van der Waals surface area contributed by atoms with Gasteiger partial charge < -0.3 is 14.8 Å². The van der Waals surface area contributed by atoms with Crippen molar-refractivity contribution < 1.29 is 14.4 Å². The van der Waals surface area contributed by atoms with Gasteiger partial charge in [0, 0.05) is 36.4 Å². The number of nitrogens with one attached hydrogen (secondary N) is 1. The Morgan fingerprint density at radius 3 is 2.95 bits per heavy atom. The number of nitrogens with zero attached hydrogens (tertiary/aromatic N) is 1. The zero-order valence-electron chi connectivity index (χ0n) is 11.8. The number of non-ortho nitro benzene ring substituents is 1. The lowest BCUT2D eigenvalue weighted by atomic mass is 9.94. The Morgan fingerprint density at radius 1 is 1.55 bits per heavy atom. The van der Waals surface area contributed by atoms with Gasteiger partial charge in [0.15, 0.2) is 0 Å². The van der Waals surface area contributed by atoms with Crippen LogP contribution in [0.2, 0.25) is 0 Å². The molecule has 0 aliphatic carbocycles. The summed E-state index contributed by atoms with van der Waals surface area (Å²) in [5.74, 6) is 0.656. The van der Waals surface area contributed by atoms with Gasteiger partial charge in [-0.25, -0.2) is 0 Å². The Balaban J connectivity index is 2.10. The van der Waals surface area contributed by atoms with Crippen molar-refractivity contribution in [2.24, 2.45) is 0 Å². The van der Waals surface area contributed by atoms with Crippen LogP contribution >= 0.6 is 0 Å². The van der Waals surface area contributed by atoms with Gasteiger partial charge in [-0.1, -0.05) is 0 Å². The van der Waals surface area contributed by atoms with E-state index in [-0.39, 0.29) is 11.2 Å². The molecule has 0 radical (unpaired) electrons. The SMILES string of the molecule is COc1ccc([N+](=O)[O-])cc1CNC1(C)CCCOC1. The number of hydrogen-bond acceptors (Lipinski definition) is 5. The monoisotopic (exact) mass is 280 g/mol. The highest BCUT2D eigenvalue weighted by atomic mass is 16.6. The lowest BCUT2D eigenvalue weighted by Crippen LogP contribution is -2.48. The topological polar surface area (TPSA) is 73.6 Å². The van der Waals surface area contributed by atoms with Crippen LogP contribution in [0.4, 0.5) is 5.69 Å². The zero-order valence-corrected chi connectivity index (χ0v) is 11.8. The van der Waals surface area contributed by atoms with Gasteiger partial charge in [0.2, 0.25) is 0 Å². The molecule has 0 aromatic heterocycles. The first-order valence-corrected chi connectivity index (χ1v) is 6.68. The summed E-state index contributed by atoms with van der Waals surface area (Å²) >= 11 is 0. The molecule has 1 saturated heterocycles. The number of rotatable bonds is 5. The minimum absolute atomic E-state index is 0.0765. The molecule has 110 valence electrons. The van der Waals surface area contributed by atoms with E-state index in [2.05, 4.69) is 12.2 Å². The van der Waals surface area contributed by atoms with Gasteiger partial charge in [-0.2, -0.15) is 0 Å². The molecule has 20 heavy (non-hydrogen) atoms. The molecule has 1 heterocycles. The number of hydrogen-bond donors (Lipinski definition) is 1. The summed E-state index contributed by atoms with van der Waals surface area (Å²) in [4.78, 5) is 10.5. The molecule has 1 fully saturated rings. The van der Waals surface area contributed by atoms with Crippen molar-refractivity contribution >= 4 is 5.69 Å². The van der Waals surface area contributed by atoms with E-state index < -0.39 is 4.92 Å². The molecule has 0 amide bonds. The van der Waals surface area contributed by atoms with Crippen molar-refractivity contribution in [2.75, 3.05) is 20.3 Å². The zero-order chi connectivity index (χ0) is 14.6. The van der Waals surface area contributed by atoms with Crippen LogP contribution in [-0.4, -0.2) is 30.8 Å². The van der Waals surface area contributed by atoms with E-state index in [0.29, 0.717) is 18.9 Å². The van der Waals surface area contributed by atoms with Gasteiger partial charge in [-0.3, -0.25) is 10.1 Å². The predicted octanol–water partition coefficient (Wildman–Crippen LogP) is 2.26. The molecule has 2 rings (SSSR count). The normalized spacial score (nSPS) is 22.5. The summed E-state index contributed by atoms with van der Waals surface area (Å²) in [6, 6.07) is 4.64. The average molecular weight is 280 g/mol. The first-order chi connectivity index (χ1) is 9.54. The third-order valence-corrected chi connectivity index (χ3v) is 3.62. The first kappa shape index (κ1) is 14.7. The fourth-order valence-corrected chi connectivity index (χ4v) is 2.40. The molecule has 1 aromatic carbocycles. The van der Waals surface area contributed by atoms with E-state index in [1.807, 2.05) is 0 Å². The molecule has 1 N–H and O–H groups in total. The van der Waals surface area contributed by atoms with Gasteiger partial charge in [0.05, 0.1) is 18.6 Å². The van der Waals surface area contributed by atoms with Crippen LogP contribution in [0.3, 0.4) is 0 Å². The molecule has 1 unspecified atom stereocenters. The van der Waals surface area contributed by atoms with E-state index in [0.717, 1.165) is 25.0 Å². The average Bonchev–Trinajstić information content (AvgIpc) is 2.45. The quantitative estimate of drug-likeness (QED) is 0.661. The second-order valence-corrected chi connectivity index (χ2v) is 5.32. The maximum Gasteiger partial charge on any atom is 0.270 e. The molecule has 1 aromatic rings. The Hall–Kier alpha value is -1.66. The second kappa shape index (κ2) is 6.19. The second-order valence-electron chi connectivity index (χ2n) is 5.32. The molecule has 1 aliphatic rings. The van der Waals surface area contributed by atoms with Crippen LogP contribution in [-0.2, 0) is 11.3 Å². The van der Waals surface area contributed by atoms with Gasteiger partial charge in [-0.05, 0) is 25.8 Å². The molecule has 6 nitrogen and oxygen atoms in total. The molecule has 0 saturated carbocycles. The molecule has 1 atom stereocenters. The standard InChI is InChI=1S/C14H20N2O4/c1-14(6-3-7-20-10-14)15-9-11-8-12(16(17)18)4-5-13(11)19-2/h4-5,8,15H,3,6-7,9-10H2,1-2H3. The maximum atomic E-state index is 10.8. The first-order valence-electron chi connectivity index (χ1n) is 6.68. The molecule has 0 bridgehead atoms. The summed E-state index contributed by atoms with van der Waals surface area (Å²) in [5, 5.41) is 14.3. The van der Waals surface area contributed by atoms with Crippen molar-refractivity contribution in [2.45, 2.75) is 31.8 Å². The lowest BCUT2D eigenvalue weighted by molar-refractivity contribution is -0.384. The van der Waals surface area contributed by atoms with Crippen molar-refractivity contribution in [3.05, 3.63) is 33.9 Å². The molecule has 6 heteroatoms. The summed E-state index contributed by atoms with van der Waals surface area (Å²) in [7, 11) is 1.57. The van der Waals surface area contributed by atoms with Crippen LogP contribution in [0.5, 0.6) is 5.75 Å². The van der Waals surface area contributed by atoms with Crippen LogP contribution in [0.1, 0.15) is 25.3 Å². The summed E-state index contributed by atoms with van der Waals surface area (Å²) in [6.45, 7) is 4.09. The smallest absolute Gasteiger partial charge is 0.270 e. The highest BCUT2D eigenvalue weighted by Gasteiger charge is 2.27. The van der Waals surface area contributed by atoms with Crippen molar-refractivity contribution in [3.63, 3.8) is 0 Å². The van der Waals surface area contributed by atoms with Crippen LogP contribution in [0, 0.1) is 10.1 Å². The van der Waals surface area contributed by atoms with Gasteiger partial charge in [-0.15, -0.1) is 0 Å². The van der Waals surface area contributed by atoms with Crippen LogP contribution in [0.15, 0.2) is 18.2 Å². The van der Waals surface area contributed by atoms with Crippen LogP contribution in [0.25, 0.3) is 0 Å². The number of nitro benzene ring substituents is 1. The summed E-state index contributed by atoms with van der Waals surface area (Å²) < 4.78 is 10.7. The Morgan fingerprint density at radius 2 is 2.35 bits per heavy atom.